The monoisotopic (exact) mass is 387 g/mol. The second-order valence-electron chi connectivity index (χ2n) is 6.96. The predicted molar refractivity (Wildman–Crippen MR) is 96.6 cm³/mol. The lowest BCUT2D eigenvalue weighted by Crippen LogP contribution is -2.48. The molecular weight excluding hydrogens is 362 g/mol. The van der Waals surface area contributed by atoms with Gasteiger partial charge in [0, 0.05) is 6.04 Å². The van der Waals surface area contributed by atoms with Gasteiger partial charge in [-0.25, -0.2) is 16.8 Å². The first-order chi connectivity index (χ1) is 11.7. The smallest absolute Gasteiger partial charge is 0.183 e. The van der Waals surface area contributed by atoms with Gasteiger partial charge >= 0.3 is 0 Å². The third kappa shape index (κ3) is 3.71. The molecular formula is C17H25NO5S2. The second kappa shape index (κ2) is 6.89. The number of rotatable bonds is 4. The Hall–Kier alpha value is -1.12. The fourth-order valence-electron chi connectivity index (χ4n) is 3.89. The molecule has 0 aliphatic carbocycles. The molecule has 6 nitrogen and oxygen atoms in total. The van der Waals surface area contributed by atoms with E-state index in [2.05, 4.69) is 4.90 Å². The lowest BCUT2D eigenvalue weighted by molar-refractivity contribution is 0.178. The highest BCUT2D eigenvalue weighted by Gasteiger charge is 2.48. The minimum atomic E-state index is -3.73. The number of hydrogen-bond acceptors (Lipinski definition) is 6. The summed E-state index contributed by atoms with van der Waals surface area (Å²) in [6, 6.07) is 4.27. The van der Waals surface area contributed by atoms with Crippen LogP contribution in [0.1, 0.15) is 24.8 Å². The second-order valence-corrected chi connectivity index (χ2v) is 11.3. The lowest BCUT2D eigenvalue weighted by Gasteiger charge is -2.34. The third-order valence-electron chi connectivity index (χ3n) is 5.23. The first kappa shape index (κ1) is 18.7. The lowest BCUT2D eigenvalue weighted by atomic mass is 10.1. The molecule has 8 heteroatoms. The zero-order valence-corrected chi connectivity index (χ0v) is 16.3. The molecule has 0 N–H and O–H groups in total. The van der Waals surface area contributed by atoms with Crippen molar-refractivity contribution in [3.05, 3.63) is 23.8 Å². The summed E-state index contributed by atoms with van der Waals surface area (Å²) < 4.78 is 56.0. The van der Waals surface area contributed by atoms with Crippen LogP contribution >= 0.6 is 0 Å². The van der Waals surface area contributed by atoms with Crippen LogP contribution in [0.4, 0.5) is 0 Å². The highest BCUT2D eigenvalue weighted by Crippen LogP contribution is 2.32. The maximum atomic E-state index is 13.2. The Morgan fingerprint density at radius 2 is 1.80 bits per heavy atom. The van der Waals surface area contributed by atoms with E-state index in [1.54, 1.807) is 19.1 Å². The molecule has 0 amide bonds. The fourth-order valence-corrected chi connectivity index (χ4v) is 8.80. The van der Waals surface area contributed by atoms with Gasteiger partial charge in [-0.05, 0) is 56.6 Å². The van der Waals surface area contributed by atoms with Gasteiger partial charge in [-0.15, -0.1) is 0 Å². The van der Waals surface area contributed by atoms with E-state index >= 15 is 0 Å². The largest absolute Gasteiger partial charge is 0.496 e. The number of benzene rings is 1. The topological polar surface area (TPSA) is 80.8 Å². The molecule has 25 heavy (non-hydrogen) atoms. The Morgan fingerprint density at radius 3 is 2.40 bits per heavy atom. The molecule has 0 bridgehead atoms. The van der Waals surface area contributed by atoms with Crippen LogP contribution in [0.15, 0.2) is 23.1 Å². The van der Waals surface area contributed by atoms with Gasteiger partial charge in [-0.2, -0.15) is 0 Å². The van der Waals surface area contributed by atoms with Gasteiger partial charge in [-0.3, -0.25) is 4.90 Å². The summed E-state index contributed by atoms with van der Waals surface area (Å²) in [4.78, 5) is 2.24. The van der Waals surface area contributed by atoms with Crippen molar-refractivity contribution < 1.29 is 21.6 Å². The molecule has 1 aromatic carbocycles. The van der Waals surface area contributed by atoms with E-state index < -0.39 is 31.0 Å². The molecule has 1 aromatic rings. The molecule has 3 rings (SSSR count). The predicted octanol–water partition coefficient (Wildman–Crippen LogP) is 1.43. The average molecular weight is 388 g/mol. The highest BCUT2D eigenvalue weighted by atomic mass is 32.2. The summed E-state index contributed by atoms with van der Waals surface area (Å²) in [7, 11) is -5.55. The van der Waals surface area contributed by atoms with E-state index in [0.717, 1.165) is 37.9 Å². The first-order valence-corrected chi connectivity index (χ1v) is 11.9. The Morgan fingerprint density at radius 1 is 1.12 bits per heavy atom. The normalized spacial score (nSPS) is 27.3. The van der Waals surface area contributed by atoms with E-state index in [0.29, 0.717) is 5.75 Å². The van der Waals surface area contributed by atoms with Gasteiger partial charge in [-0.1, -0.05) is 6.42 Å². The Balaban J connectivity index is 1.97. The standard InChI is InChI=1S/C17H25NO5S2/c1-13-10-14(6-7-16(13)23-2)25(21,22)17-12-24(19,20)11-15(17)18-8-4-3-5-9-18/h6-7,10,15,17H,3-5,8-9,11-12H2,1-2H3/t15-,17+/m0/s1. The summed E-state index contributed by atoms with van der Waals surface area (Å²) in [5, 5.41) is -0.900. The summed E-state index contributed by atoms with van der Waals surface area (Å²) >= 11 is 0. The molecule has 0 spiro atoms. The van der Waals surface area contributed by atoms with Crippen molar-refractivity contribution in [2.45, 2.75) is 42.4 Å². The molecule has 140 valence electrons. The van der Waals surface area contributed by atoms with E-state index in [-0.39, 0.29) is 16.4 Å². The maximum Gasteiger partial charge on any atom is 0.183 e. The van der Waals surface area contributed by atoms with E-state index in [4.69, 9.17) is 4.74 Å². The molecule has 0 aromatic heterocycles. The molecule has 2 saturated heterocycles. The number of nitrogens with zero attached hydrogens (tertiary/aromatic N) is 1. The van der Waals surface area contributed by atoms with Crippen LogP contribution in [0.5, 0.6) is 5.75 Å². The minimum absolute atomic E-state index is 0.0635. The number of methoxy groups -OCH3 is 1. The van der Waals surface area contributed by atoms with Crippen molar-refractivity contribution >= 4 is 19.7 Å². The Kier molecular flexibility index (Phi) is 5.14. The van der Waals surface area contributed by atoms with Gasteiger partial charge in [0.05, 0.1) is 28.8 Å². The average Bonchev–Trinajstić information content (AvgIpc) is 2.92. The quantitative estimate of drug-likeness (QED) is 0.777. The Labute approximate surface area is 150 Å². The highest BCUT2D eigenvalue weighted by molar-refractivity contribution is 7.96. The number of hydrogen-bond donors (Lipinski definition) is 0. The van der Waals surface area contributed by atoms with Gasteiger partial charge in [0.2, 0.25) is 0 Å². The van der Waals surface area contributed by atoms with Gasteiger partial charge in [0.25, 0.3) is 0 Å². The van der Waals surface area contributed by atoms with Crippen LogP contribution in [-0.4, -0.2) is 64.7 Å². The van der Waals surface area contributed by atoms with Crippen LogP contribution in [0.3, 0.4) is 0 Å². The molecule has 2 aliphatic rings. The van der Waals surface area contributed by atoms with Crippen molar-refractivity contribution in [3.8, 4) is 5.75 Å². The molecule has 0 saturated carbocycles. The number of ether oxygens (including phenoxy) is 1. The van der Waals surface area contributed by atoms with Crippen LogP contribution in [0.2, 0.25) is 0 Å². The SMILES string of the molecule is COc1ccc(S(=O)(=O)[C@@H]2CS(=O)(=O)C[C@@H]2N2CCCCC2)cc1C. The zero-order chi connectivity index (χ0) is 18.2. The van der Waals surface area contributed by atoms with Crippen molar-refractivity contribution in [2.24, 2.45) is 0 Å². The van der Waals surface area contributed by atoms with Gasteiger partial charge in [0.15, 0.2) is 19.7 Å². The van der Waals surface area contributed by atoms with E-state index in [1.807, 2.05) is 0 Å². The van der Waals surface area contributed by atoms with Crippen LogP contribution in [0.25, 0.3) is 0 Å². The summed E-state index contributed by atoms with van der Waals surface area (Å²) in [6.07, 6.45) is 3.10. The minimum Gasteiger partial charge on any atom is -0.496 e. The maximum absolute atomic E-state index is 13.2. The van der Waals surface area contributed by atoms with Gasteiger partial charge in [0.1, 0.15) is 5.75 Å². The number of likely N-dealkylation sites (tertiary alicyclic amines) is 1. The van der Waals surface area contributed by atoms with Crippen LogP contribution in [-0.2, 0) is 19.7 Å². The first-order valence-electron chi connectivity index (χ1n) is 8.57. The third-order valence-corrected chi connectivity index (χ3v) is 9.34. The van der Waals surface area contributed by atoms with Crippen molar-refractivity contribution in [1.82, 2.24) is 4.90 Å². The molecule has 2 heterocycles. The number of sulfone groups is 2. The fraction of sp³-hybridized carbons (Fsp3) is 0.647. The summed E-state index contributed by atoms with van der Waals surface area (Å²) in [5.74, 6) is 0.263. The summed E-state index contributed by atoms with van der Waals surface area (Å²) in [5.41, 5.74) is 0.721. The van der Waals surface area contributed by atoms with Crippen LogP contribution in [0, 0.1) is 6.92 Å². The Bertz CT molecular complexity index is 842. The van der Waals surface area contributed by atoms with Crippen molar-refractivity contribution in [2.75, 3.05) is 31.7 Å². The number of aryl methyl sites for hydroxylation is 1. The zero-order valence-electron chi connectivity index (χ0n) is 14.6. The number of piperidine rings is 1. The van der Waals surface area contributed by atoms with Crippen molar-refractivity contribution in [3.63, 3.8) is 0 Å². The molecule has 0 unspecified atom stereocenters. The van der Waals surface area contributed by atoms with Gasteiger partial charge < -0.3 is 4.74 Å². The molecule has 2 aliphatic heterocycles. The summed E-state index contributed by atoms with van der Waals surface area (Å²) in [6.45, 7) is 3.33. The van der Waals surface area contributed by atoms with E-state index in [9.17, 15) is 16.8 Å². The van der Waals surface area contributed by atoms with Crippen molar-refractivity contribution in [1.29, 1.82) is 0 Å². The molecule has 2 atom stereocenters. The molecule has 0 radical (unpaired) electrons. The van der Waals surface area contributed by atoms with E-state index in [1.165, 1.54) is 13.2 Å². The van der Waals surface area contributed by atoms with Crippen LogP contribution < -0.4 is 4.74 Å². The molecule has 2 fully saturated rings.